The van der Waals surface area contributed by atoms with E-state index in [1.165, 1.54) is 4.90 Å². The SMILES string of the molecule is CCOc1ccc(N2C(=O)C[C@H](N3CCN(c4cnccn4)CC3)C2=O)cc1. The Kier molecular flexibility index (Phi) is 5.21. The molecule has 1 atom stereocenters. The maximum atomic E-state index is 13.0. The fraction of sp³-hybridized carbons (Fsp3) is 0.400. The first-order valence-corrected chi connectivity index (χ1v) is 9.52. The minimum Gasteiger partial charge on any atom is -0.494 e. The Morgan fingerprint density at radius 1 is 1.07 bits per heavy atom. The zero-order chi connectivity index (χ0) is 19.5. The minimum absolute atomic E-state index is 0.151. The van der Waals surface area contributed by atoms with Crippen LogP contribution in [0, 0.1) is 0 Å². The van der Waals surface area contributed by atoms with Crippen LogP contribution in [0.25, 0.3) is 0 Å². The van der Waals surface area contributed by atoms with Crippen molar-refractivity contribution in [2.24, 2.45) is 0 Å². The summed E-state index contributed by atoms with van der Waals surface area (Å²) in [4.78, 5) is 39.5. The van der Waals surface area contributed by atoms with Gasteiger partial charge in [-0.25, -0.2) is 9.88 Å². The average Bonchev–Trinajstić information content (AvgIpc) is 3.04. The highest BCUT2D eigenvalue weighted by atomic mass is 16.5. The van der Waals surface area contributed by atoms with Gasteiger partial charge in [-0.3, -0.25) is 19.5 Å². The average molecular weight is 381 g/mol. The Balaban J connectivity index is 1.41. The van der Waals surface area contributed by atoms with E-state index in [2.05, 4.69) is 19.8 Å². The maximum Gasteiger partial charge on any atom is 0.251 e. The van der Waals surface area contributed by atoms with E-state index < -0.39 is 6.04 Å². The number of nitrogens with zero attached hydrogens (tertiary/aromatic N) is 5. The molecule has 4 rings (SSSR count). The van der Waals surface area contributed by atoms with Crippen LogP contribution in [0.4, 0.5) is 11.5 Å². The van der Waals surface area contributed by atoms with Crippen LogP contribution in [0.2, 0.25) is 0 Å². The van der Waals surface area contributed by atoms with Crippen molar-refractivity contribution >= 4 is 23.3 Å². The van der Waals surface area contributed by atoms with Gasteiger partial charge in [0.1, 0.15) is 11.6 Å². The molecule has 146 valence electrons. The number of ether oxygens (including phenoxy) is 1. The summed E-state index contributed by atoms with van der Waals surface area (Å²) >= 11 is 0. The van der Waals surface area contributed by atoms with Crippen LogP contribution in [-0.4, -0.2) is 65.5 Å². The lowest BCUT2D eigenvalue weighted by molar-refractivity contribution is -0.123. The van der Waals surface area contributed by atoms with Gasteiger partial charge in [-0.1, -0.05) is 0 Å². The first-order valence-electron chi connectivity index (χ1n) is 9.52. The van der Waals surface area contributed by atoms with Crippen LogP contribution in [0.3, 0.4) is 0 Å². The number of rotatable bonds is 5. The molecule has 2 aliphatic rings. The van der Waals surface area contributed by atoms with Gasteiger partial charge >= 0.3 is 0 Å². The number of piperazine rings is 1. The van der Waals surface area contributed by atoms with Crippen LogP contribution in [0.5, 0.6) is 5.75 Å². The third-order valence-electron chi connectivity index (χ3n) is 5.16. The zero-order valence-corrected chi connectivity index (χ0v) is 15.8. The second kappa shape index (κ2) is 7.93. The number of amides is 2. The monoisotopic (exact) mass is 381 g/mol. The summed E-state index contributed by atoms with van der Waals surface area (Å²) in [5.41, 5.74) is 0.596. The third-order valence-corrected chi connectivity index (χ3v) is 5.16. The van der Waals surface area contributed by atoms with Crippen molar-refractivity contribution in [3.05, 3.63) is 42.9 Å². The molecule has 0 bridgehead atoms. The Bertz CT molecular complexity index is 835. The Morgan fingerprint density at radius 3 is 2.46 bits per heavy atom. The summed E-state index contributed by atoms with van der Waals surface area (Å²) in [5.74, 6) is 1.26. The van der Waals surface area contributed by atoms with E-state index in [4.69, 9.17) is 4.74 Å². The van der Waals surface area contributed by atoms with E-state index in [0.29, 0.717) is 25.4 Å². The van der Waals surface area contributed by atoms with Gasteiger partial charge < -0.3 is 9.64 Å². The van der Waals surface area contributed by atoms with Crippen LogP contribution in [0.15, 0.2) is 42.9 Å². The highest BCUT2D eigenvalue weighted by Gasteiger charge is 2.43. The third kappa shape index (κ3) is 3.55. The molecule has 3 heterocycles. The van der Waals surface area contributed by atoms with E-state index in [9.17, 15) is 9.59 Å². The number of hydrogen-bond acceptors (Lipinski definition) is 7. The Morgan fingerprint density at radius 2 is 1.82 bits per heavy atom. The van der Waals surface area contributed by atoms with Gasteiger partial charge in [0.05, 0.1) is 31.0 Å². The summed E-state index contributed by atoms with van der Waals surface area (Å²) in [6, 6.07) is 6.69. The summed E-state index contributed by atoms with van der Waals surface area (Å²) in [5, 5.41) is 0. The quantitative estimate of drug-likeness (QED) is 0.723. The first-order chi connectivity index (χ1) is 13.7. The van der Waals surface area contributed by atoms with Crippen molar-refractivity contribution < 1.29 is 14.3 Å². The van der Waals surface area contributed by atoms with Crippen molar-refractivity contribution in [2.45, 2.75) is 19.4 Å². The lowest BCUT2D eigenvalue weighted by Crippen LogP contribution is -2.52. The number of aromatic nitrogens is 2. The van der Waals surface area contributed by atoms with Crippen LogP contribution in [0.1, 0.15) is 13.3 Å². The van der Waals surface area contributed by atoms with Gasteiger partial charge in [-0.05, 0) is 31.2 Å². The minimum atomic E-state index is -0.400. The standard InChI is InChI=1S/C20H23N5O3/c1-2-28-16-5-3-15(4-6-16)25-19(26)13-17(20(25)27)23-9-11-24(12-10-23)18-14-21-7-8-22-18/h3-8,14,17H,2,9-13H2,1H3/t17-/m0/s1. The van der Waals surface area contributed by atoms with Gasteiger partial charge in [-0.15, -0.1) is 0 Å². The number of carbonyl (C=O) groups is 2. The molecule has 2 saturated heterocycles. The number of benzene rings is 1. The molecule has 2 fully saturated rings. The Hall–Kier alpha value is -3.00. The summed E-state index contributed by atoms with van der Waals surface area (Å²) in [7, 11) is 0. The molecular weight excluding hydrogens is 358 g/mol. The molecule has 0 radical (unpaired) electrons. The normalized spacial score (nSPS) is 20.7. The topological polar surface area (TPSA) is 78.9 Å². The van der Waals surface area contributed by atoms with Crippen LogP contribution >= 0.6 is 0 Å². The number of anilines is 2. The number of hydrogen-bond donors (Lipinski definition) is 0. The van der Waals surface area contributed by atoms with Crippen LogP contribution < -0.4 is 14.5 Å². The maximum absolute atomic E-state index is 13.0. The lowest BCUT2D eigenvalue weighted by atomic mass is 10.1. The molecule has 28 heavy (non-hydrogen) atoms. The summed E-state index contributed by atoms with van der Waals surface area (Å²) in [6.07, 6.45) is 5.29. The number of carbonyl (C=O) groups excluding carboxylic acids is 2. The van der Waals surface area contributed by atoms with Crippen molar-refractivity contribution in [1.29, 1.82) is 0 Å². The zero-order valence-electron chi connectivity index (χ0n) is 15.8. The second-order valence-corrected chi connectivity index (χ2v) is 6.80. The fourth-order valence-corrected chi connectivity index (χ4v) is 3.75. The predicted octanol–water partition coefficient (Wildman–Crippen LogP) is 1.33. The van der Waals surface area contributed by atoms with E-state index in [1.807, 2.05) is 6.92 Å². The molecule has 0 saturated carbocycles. The molecule has 8 nitrogen and oxygen atoms in total. The molecular formula is C20H23N5O3. The fourth-order valence-electron chi connectivity index (χ4n) is 3.75. The van der Waals surface area contributed by atoms with Gasteiger partial charge in [0, 0.05) is 38.6 Å². The molecule has 0 spiro atoms. The lowest BCUT2D eigenvalue weighted by Gasteiger charge is -2.37. The molecule has 1 aromatic heterocycles. The van der Waals surface area contributed by atoms with Crippen molar-refractivity contribution in [3.8, 4) is 5.75 Å². The Labute approximate surface area is 163 Å². The second-order valence-electron chi connectivity index (χ2n) is 6.80. The number of imide groups is 1. The van der Waals surface area contributed by atoms with Crippen molar-refractivity contribution in [1.82, 2.24) is 14.9 Å². The highest BCUT2D eigenvalue weighted by molar-refractivity contribution is 6.22. The van der Waals surface area contributed by atoms with Crippen molar-refractivity contribution in [2.75, 3.05) is 42.6 Å². The summed E-state index contributed by atoms with van der Waals surface area (Å²) < 4.78 is 5.43. The van der Waals surface area contributed by atoms with Gasteiger partial charge in [0.25, 0.3) is 5.91 Å². The van der Waals surface area contributed by atoms with E-state index in [1.54, 1.807) is 42.9 Å². The first kappa shape index (κ1) is 18.4. The highest BCUT2D eigenvalue weighted by Crippen LogP contribution is 2.28. The van der Waals surface area contributed by atoms with Gasteiger partial charge in [0.15, 0.2) is 0 Å². The molecule has 1 aromatic carbocycles. The van der Waals surface area contributed by atoms with Crippen LogP contribution in [-0.2, 0) is 9.59 Å². The smallest absolute Gasteiger partial charge is 0.251 e. The van der Waals surface area contributed by atoms with Crippen molar-refractivity contribution in [3.63, 3.8) is 0 Å². The molecule has 8 heteroatoms. The molecule has 0 aliphatic carbocycles. The molecule has 2 aliphatic heterocycles. The van der Waals surface area contributed by atoms with E-state index >= 15 is 0 Å². The molecule has 2 amide bonds. The predicted molar refractivity (Wildman–Crippen MR) is 104 cm³/mol. The molecule has 0 unspecified atom stereocenters. The summed E-state index contributed by atoms with van der Waals surface area (Å²) in [6.45, 7) is 5.40. The molecule has 0 N–H and O–H groups in total. The molecule has 2 aromatic rings. The van der Waals surface area contributed by atoms with Gasteiger partial charge in [-0.2, -0.15) is 0 Å². The van der Waals surface area contributed by atoms with Gasteiger partial charge in [0.2, 0.25) is 5.91 Å². The largest absolute Gasteiger partial charge is 0.494 e. The van der Waals surface area contributed by atoms with E-state index in [0.717, 1.165) is 24.7 Å². The van der Waals surface area contributed by atoms with E-state index in [-0.39, 0.29) is 18.2 Å².